The zero-order chi connectivity index (χ0) is 21.9. The Balaban J connectivity index is 1.79. The number of nitrogens with zero attached hydrogens (tertiary/aromatic N) is 2. The first-order valence-corrected chi connectivity index (χ1v) is 10.1. The second-order valence-corrected chi connectivity index (χ2v) is 9.10. The monoisotopic (exact) mass is 410 g/mol. The highest BCUT2D eigenvalue weighted by Crippen LogP contribution is 2.34. The van der Waals surface area contributed by atoms with Crippen molar-refractivity contribution in [1.29, 1.82) is 0 Å². The minimum atomic E-state index is -0.620. The van der Waals surface area contributed by atoms with E-state index in [0.29, 0.717) is 24.6 Å². The lowest BCUT2D eigenvalue weighted by Gasteiger charge is -2.46. The van der Waals surface area contributed by atoms with Gasteiger partial charge in [0.25, 0.3) is 0 Å². The van der Waals surface area contributed by atoms with Crippen molar-refractivity contribution in [3.05, 3.63) is 60.2 Å². The van der Waals surface area contributed by atoms with Crippen molar-refractivity contribution < 1.29 is 19.1 Å². The first kappa shape index (κ1) is 21.7. The maximum Gasteiger partial charge on any atom is 0.411 e. The minimum absolute atomic E-state index is 0.0467. The van der Waals surface area contributed by atoms with E-state index in [1.54, 1.807) is 4.90 Å². The molecule has 0 saturated carbocycles. The Bertz CT molecular complexity index is 903. The Labute approximate surface area is 178 Å². The molecule has 6 nitrogen and oxygen atoms in total. The molecule has 0 spiro atoms. The lowest BCUT2D eigenvalue weighted by Crippen LogP contribution is -2.64. The molecule has 1 aliphatic heterocycles. The average molecular weight is 411 g/mol. The predicted molar refractivity (Wildman–Crippen MR) is 117 cm³/mol. The molecule has 0 atom stereocenters. The number of amides is 2. The van der Waals surface area contributed by atoms with E-state index in [4.69, 9.17) is 9.47 Å². The molecular weight excluding hydrogens is 380 g/mol. The normalized spacial score (nSPS) is 16.4. The van der Waals surface area contributed by atoms with E-state index in [2.05, 4.69) is 0 Å². The van der Waals surface area contributed by atoms with E-state index in [1.165, 1.54) is 4.90 Å². The van der Waals surface area contributed by atoms with Crippen molar-refractivity contribution in [2.24, 2.45) is 0 Å². The number of ether oxygens (including phenoxy) is 2. The third-order valence-electron chi connectivity index (χ3n) is 4.88. The van der Waals surface area contributed by atoms with Gasteiger partial charge in [-0.2, -0.15) is 0 Å². The summed E-state index contributed by atoms with van der Waals surface area (Å²) >= 11 is 0. The molecule has 0 bridgehead atoms. The van der Waals surface area contributed by atoms with Crippen LogP contribution >= 0.6 is 0 Å². The third-order valence-corrected chi connectivity index (χ3v) is 4.88. The van der Waals surface area contributed by atoms with Gasteiger partial charge >= 0.3 is 6.09 Å². The van der Waals surface area contributed by atoms with Crippen LogP contribution in [0.25, 0.3) is 0 Å². The summed E-state index contributed by atoms with van der Waals surface area (Å²) in [5.41, 5.74) is 0.539. The van der Waals surface area contributed by atoms with Crippen LogP contribution in [-0.2, 0) is 16.1 Å². The molecule has 1 fully saturated rings. The highest BCUT2D eigenvalue weighted by atomic mass is 16.6. The van der Waals surface area contributed by atoms with Gasteiger partial charge in [-0.1, -0.05) is 42.5 Å². The fraction of sp³-hybridized carbons (Fsp3) is 0.417. The lowest BCUT2D eigenvalue weighted by molar-refractivity contribution is -0.124. The van der Waals surface area contributed by atoms with E-state index in [0.717, 1.165) is 5.56 Å². The van der Waals surface area contributed by atoms with Crippen LogP contribution in [-0.4, -0.2) is 41.1 Å². The van der Waals surface area contributed by atoms with Crippen molar-refractivity contribution in [3.63, 3.8) is 0 Å². The van der Waals surface area contributed by atoms with E-state index in [9.17, 15) is 9.59 Å². The maximum atomic E-state index is 13.0. The molecule has 0 aromatic heterocycles. The Morgan fingerprint density at radius 1 is 1.03 bits per heavy atom. The zero-order valence-corrected chi connectivity index (χ0v) is 18.3. The van der Waals surface area contributed by atoms with Gasteiger partial charge in [-0.3, -0.25) is 9.69 Å². The number of anilines is 1. The summed E-state index contributed by atoms with van der Waals surface area (Å²) in [5.74, 6) is 0.465. The molecule has 0 N–H and O–H groups in total. The van der Waals surface area contributed by atoms with Gasteiger partial charge < -0.3 is 14.4 Å². The van der Waals surface area contributed by atoms with Gasteiger partial charge in [0.15, 0.2) is 0 Å². The van der Waals surface area contributed by atoms with Gasteiger partial charge in [0.2, 0.25) is 5.91 Å². The minimum Gasteiger partial charge on any atom is -0.487 e. The number of rotatable bonds is 4. The Morgan fingerprint density at radius 3 is 2.33 bits per heavy atom. The molecular formula is C24H30N2O4. The summed E-state index contributed by atoms with van der Waals surface area (Å²) in [6.45, 7) is 10.0. The van der Waals surface area contributed by atoms with E-state index in [1.807, 2.05) is 89.2 Å². The highest BCUT2D eigenvalue weighted by molar-refractivity contribution is 5.99. The predicted octanol–water partition coefficient (Wildman–Crippen LogP) is 4.63. The molecule has 1 saturated heterocycles. The first-order chi connectivity index (χ1) is 14.1. The Morgan fingerprint density at radius 2 is 1.67 bits per heavy atom. The molecule has 160 valence electrons. The second-order valence-electron chi connectivity index (χ2n) is 9.10. The maximum absolute atomic E-state index is 13.0. The molecule has 0 radical (unpaired) electrons. The summed E-state index contributed by atoms with van der Waals surface area (Å²) in [4.78, 5) is 28.9. The molecule has 1 heterocycles. The van der Waals surface area contributed by atoms with Crippen LogP contribution in [0.3, 0.4) is 0 Å². The van der Waals surface area contributed by atoms with Crippen molar-refractivity contribution in [2.75, 3.05) is 18.0 Å². The number of para-hydroxylation sites is 2. The van der Waals surface area contributed by atoms with Gasteiger partial charge in [-0.25, -0.2) is 4.79 Å². The van der Waals surface area contributed by atoms with Gasteiger partial charge in [0.05, 0.1) is 11.2 Å². The second kappa shape index (κ2) is 8.38. The molecule has 0 unspecified atom stereocenters. The van der Waals surface area contributed by atoms with Crippen LogP contribution in [0.4, 0.5) is 10.5 Å². The van der Waals surface area contributed by atoms with E-state index < -0.39 is 17.2 Å². The largest absolute Gasteiger partial charge is 0.487 e. The first-order valence-electron chi connectivity index (χ1n) is 10.1. The zero-order valence-electron chi connectivity index (χ0n) is 18.3. The fourth-order valence-electron chi connectivity index (χ4n) is 3.38. The summed E-state index contributed by atoms with van der Waals surface area (Å²) < 4.78 is 11.5. The number of carbonyl (C=O) groups excluding carboxylic acids is 2. The van der Waals surface area contributed by atoms with Gasteiger partial charge in [-0.15, -0.1) is 0 Å². The molecule has 30 heavy (non-hydrogen) atoms. The van der Waals surface area contributed by atoms with Crippen LogP contribution in [0, 0.1) is 0 Å². The Kier molecular flexibility index (Phi) is 6.06. The number of piperazine rings is 1. The standard InChI is InChI=1S/C24H30N2O4/c1-23(2,3)30-22(28)26-15-21(27)25(17-24(26,4)5)19-13-9-10-14-20(19)29-16-18-11-7-6-8-12-18/h6-14H,15-17H2,1-5H3. The molecule has 0 aliphatic carbocycles. The van der Waals surface area contributed by atoms with E-state index >= 15 is 0 Å². The fourth-order valence-corrected chi connectivity index (χ4v) is 3.38. The number of carbonyl (C=O) groups is 2. The highest BCUT2D eigenvalue weighted by Gasteiger charge is 2.43. The third kappa shape index (κ3) is 5.12. The quantitative estimate of drug-likeness (QED) is 0.737. The van der Waals surface area contributed by atoms with Crippen LogP contribution in [0.1, 0.15) is 40.2 Å². The lowest BCUT2D eigenvalue weighted by atomic mass is 9.98. The van der Waals surface area contributed by atoms with Crippen molar-refractivity contribution in [2.45, 2.75) is 52.4 Å². The van der Waals surface area contributed by atoms with Gasteiger partial charge in [-0.05, 0) is 52.3 Å². The smallest absolute Gasteiger partial charge is 0.411 e. The van der Waals surface area contributed by atoms with Crippen LogP contribution in [0.15, 0.2) is 54.6 Å². The molecule has 2 aromatic carbocycles. The van der Waals surface area contributed by atoms with Crippen LogP contribution in [0.2, 0.25) is 0 Å². The number of benzene rings is 2. The summed E-state index contributed by atoms with van der Waals surface area (Å²) in [6, 6.07) is 17.4. The SMILES string of the molecule is CC(C)(C)OC(=O)N1CC(=O)N(c2ccccc2OCc2ccccc2)CC1(C)C. The number of hydrogen-bond acceptors (Lipinski definition) is 4. The van der Waals surface area contributed by atoms with Crippen molar-refractivity contribution >= 4 is 17.7 Å². The van der Waals surface area contributed by atoms with Gasteiger partial charge in [0, 0.05) is 6.54 Å². The molecule has 2 aromatic rings. The Hall–Kier alpha value is -3.02. The average Bonchev–Trinajstić information content (AvgIpc) is 2.67. The van der Waals surface area contributed by atoms with Gasteiger partial charge in [0.1, 0.15) is 24.5 Å². The molecule has 6 heteroatoms. The summed E-state index contributed by atoms with van der Waals surface area (Å²) in [7, 11) is 0. The molecule has 3 rings (SSSR count). The molecule has 1 aliphatic rings. The van der Waals surface area contributed by atoms with Crippen LogP contribution < -0.4 is 9.64 Å². The van der Waals surface area contributed by atoms with E-state index in [-0.39, 0.29) is 12.5 Å². The van der Waals surface area contributed by atoms with Crippen molar-refractivity contribution in [3.8, 4) is 5.75 Å². The summed E-state index contributed by atoms with van der Waals surface area (Å²) in [6.07, 6.45) is -0.478. The molecule has 2 amide bonds. The van der Waals surface area contributed by atoms with Crippen LogP contribution in [0.5, 0.6) is 5.75 Å². The van der Waals surface area contributed by atoms with Crippen molar-refractivity contribution in [1.82, 2.24) is 4.90 Å². The topological polar surface area (TPSA) is 59.1 Å². The summed E-state index contributed by atoms with van der Waals surface area (Å²) in [5, 5.41) is 0. The number of hydrogen-bond donors (Lipinski definition) is 0.